The smallest absolute Gasteiger partial charge is 0.317 e. The summed E-state index contributed by atoms with van der Waals surface area (Å²) in [4.78, 5) is 46.4. The molecule has 0 radical (unpaired) electrons. The number of aliphatic carboxylic acids is 1. The number of amides is 1. The monoisotopic (exact) mass is 700 g/mol. The summed E-state index contributed by atoms with van der Waals surface area (Å²) in [5, 5.41) is 16.3. The van der Waals surface area contributed by atoms with Gasteiger partial charge in [-0.25, -0.2) is 9.97 Å². The highest BCUT2D eigenvalue weighted by Gasteiger charge is 2.21. The molecule has 1 saturated heterocycles. The molecule has 6 rings (SSSR count). The first-order chi connectivity index (χ1) is 23.6. The van der Waals surface area contributed by atoms with E-state index >= 15 is 0 Å². The van der Waals surface area contributed by atoms with Crippen LogP contribution in [0.25, 0.3) is 39.2 Å². The van der Waals surface area contributed by atoms with Crippen molar-refractivity contribution in [2.24, 2.45) is 0 Å². The molecule has 1 fully saturated rings. The maximum atomic E-state index is 13.1. The fourth-order valence-electron chi connectivity index (χ4n) is 6.01. The number of hydrogen-bond acceptors (Lipinski definition) is 8. The number of nitrogens with zero attached hydrogens (tertiary/aromatic N) is 4. The molecule has 3 N–H and O–H groups in total. The third-order valence-electron chi connectivity index (χ3n) is 8.42. The van der Waals surface area contributed by atoms with Crippen molar-refractivity contribution in [3.05, 3.63) is 105 Å². The Morgan fingerprint density at radius 2 is 1.76 bits per heavy atom. The number of carboxylic acid groups (broad SMARTS) is 1. The van der Waals surface area contributed by atoms with Crippen molar-refractivity contribution in [3.63, 3.8) is 0 Å². The quantitative estimate of drug-likeness (QED) is 0.159. The van der Waals surface area contributed by atoms with Gasteiger partial charge in [-0.1, -0.05) is 65.7 Å². The standard InChI is InChI=1S/C36H34Cl2N6O5/c1-43(20-32(46)47)19-23-17-40-30-15-21(13-14-44(30)36(23)48)25-5-3-6-26(33(25)37)27-7-4-8-28(34(27)38)29-11-9-22(35(42-29)49-2)16-39-18-24-10-12-31(45)41-24/h3-9,11,13-15,17,24,39H,10,12,16,18-20H2,1-2H3,(H,41,45)(H,46,47)/t24-/m1/s1. The summed E-state index contributed by atoms with van der Waals surface area (Å²) < 4.78 is 7.06. The molecule has 3 aromatic heterocycles. The van der Waals surface area contributed by atoms with Crippen LogP contribution in [0.1, 0.15) is 24.0 Å². The molecule has 1 atom stereocenters. The number of rotatable bonds is 12. The van der Waals surface area contributed by atoms with Gasteiger partial charge in [-0.2, -0.15) is 0 Å². The molecule has 0 unspecified atom stereocenters. The van der Waals surface area contributed by atoms with Gasteiger partial charge in [0.1, 0.15) is 5.65 Å². The van der Waals surface area contributed by atoms with E-state index in [9.17, 15) is 14.4 Å². The highest BCUT2D eigenvalue weighted by molar-refractivity contribution is 6.39. The third kappa shape index (κ3) is 7.45. The minimum Gasteiger partial charge on any atom is -0.481 e. The minimum absolute atomic E-state index is 0.0855. The van der Waals surface area contributed by atoms with E-state index in [1.165, 1.54) is 15.5 Å². The number of fused-ring (bicyclic) bond motifs is 1. The summed E-state index contributed by atoms with van der Waals surface area (Å²) in [5.74, 6) is -0.413. The van der Waals surface area contributed by atoms with E-state index in [0.29, 0.717) is 57.9 Å². The summed E-state index contributed by atoms with van der Waals surface area (Å²) >= 11 is 14.1. The lowest BCUT2D eigenvalue weighted by Crippen LogP contribution is -2.35. The fraction of sp³-hybridized carbons (Fsp3) is 0.250. The molecule has 0 spiro atoms. The maximum Gasteiger partial charge on any atom is 0.317 e. The average Bonchev–Trinajstić information content (AvgIpc) is 3.50. The lowest BCUT2D eigenvalue weighted by Gasteiger charge is -2.16. The van der Waals surface area contributed by atoms with Crippen molar-refractivity contribution < 1.29 is 19.4 Å². The summed E-state index contributed by atoms with van der Waals surface area (Å²) in [7, 11) is 3.21. The van der Waals surface area contributed by atoms with Gasteiger partial charge in [0.15, 0.2) is 0 Å². The number of hydrogen-bond donors (Lipinski definition) is 3. The molecular weight excluding hydrogens is 667 g/mol. The lowest BCUT2D eigenvalue weighted by atomic mass is 9.97. The van der Waals surface area contributed by atoms with Gasteiger partial charge >= 0.3 is 5.97 Å². The van der Waals surface area contributed by atoms with E-state index in [0.717, 1.165) is 34.2 Å². The normalized spacial score (nSPS) is 14.4. The molecule has 1 aliphatic rings. The number of benzene rings is 2. The van der Waals surface area contributed by atoms with Gasteiger partial charge in [0, 0.05) is 72.3 Å². The number of methoxy groups -OCH3 is 1. The van der Waals surface area contributed by atoms with Crippen molar-refractivity contribution in [2.75, 3.05) is 27.2 Å². The van der Waals surface area contributed by atoms with Crippen molar-refractivity contribution in [1.82, 2.24) is 29.9 Å². The first-order valence-electron chi connectivity index (χ1n) is 15.7. The van der Waals surface area contributed by atoms with Crippen LogP contribution in [0.4, 0.5) is 0 Å². The van der Waals surface area contributed by atoms with Gasteiger partial charge < -0.3 is 20.5 Å². The largest absolute Gasteiger partial charge is 0.481 e. The molecule has 0 bridgehead atoms. The zero-order chi connectivity index (χ0) is 34.7. The Bertz CT molecular complexity index is 2120. The van der Waals surface area contributed by atoms with Crippen LogP contribution in [0, 0.1) is 0 Å². The van der Waals surface area contributed by atoms with Crippen LogP contribution >= 0.6 is 23.2 Å². The van der Waals surface area contributed by atoms with Gasteiger partial charge in [0.05, 0.1) is 35.0 Å². The molecule has 252 valence electrons. The number of pyridine rings is 2. The van der Waals surface area contributed by atoms with Crippen LogP contribution in [-0.4, -0.2) is 69.5 Å². The molecule has 5 aromatic rings. The number of carboxylic acids is 1. The predicted molar refractivity (Wildman–Crippen MR) is 189 cm³/mol. The molecule has 11 nitrogen and oxygen atoms in total. The SMILES string of the molecule is COc1nc(-c2cccc(-c3cccc(-c4ccn5c(=O)c(CN(C)CC(=O)O)cnc5c4)c3Cl)c2Cl)ccc1CNC[C@H]1CCC(=O)N1. The second-order valence-electron chi connectivity index (χ2n) is 11.9. The van der Waals surface area contributed by atoms with Gasteiger partial charge in [0.25, 0.3) is 5.56 Å². The van der Waals surface area contributed by atoms with Gasteiger partial charge in [0.2, 0.25) is 11.8 Å². The molecule has 13 heteroatoms. The number of halogens is 2. The van der Waals surface area contributed by atoms with E-state index in [1.807, 2.05) is 48.5 Å². The van der Waals surface area contributed by atoms with Crippen LogP contribution < -0.4 is 20.9 Å². The number of likely N-dealkylation sites (N-methyl/N-ethyl adjacent to an activating group) is 1. The fourth-order valence-corrected chi connectivity index (χ4v) is 6.67. The lowest BCUT2D eigenvalue weighted by molar-refractivity contribution is -0.138. The Morgan fingerprint density at radius 1 is 1.04 bits per heavy atom. The molecule has 1 amide bonds. The highest BCUT2D eigenvalue weighted by Crippen LogP contribution is 2.42. The first kappa shape index (κ1) is 34.1. The van der Waals surface area contributed by atoms with E-state index in [1.54, 1.807) is 32.5 Å². The summed E-state index contributed by atoms with van der Waals surface area (Å²) in [6, 6.07) is 18.9. The minimum atomic E-state index is -0.975. The second kappa shape index (κ2) is 14.8. The van der Waals surface area contributed by atoms with Crippen molar-refractivity contribution in [2.45, 2.75) is 32.0 Å². The van der Waals surface area contributed by atoms with E-state index in [2.05, 4.69) is 15.6 Å². The zero-order valence-electron chi connectivity index (χ0n) is 26.9. The Kier molecular flexibility index (Phi) is 10.3. The van der Waals surface area contributed by atoms with Gasteiger partial charge in [-0.05, 0) is 37.2 Å². The molecule has 1 aliphatic heterocycles. The number of nitrogens with one attached hydrogen (secondary N) is 2. The Balaban J connectivity index is 1.26. The molecule has 0 aliphatic carbocycles. The van der Waals surface area contributed by atoms with Crippen molar-refractivity contribution in [1.29, 1.82) is 0 Å². The van der Waals surface area contributed by atoms with E-state index in [-0.39, 0.29) is 30.6 Å². The number of carbonyl (C=O) groups excluding carboxylic acids is 1. The summed E-state index contributed by atoms with van der Waals surface area (Å²) in [6.45, 7) is 1.15. The van der Waals surface area contributed by atoms with Crippen LogP contribution in [0.2, 0.25) is 10.0 Å². The molecular formula is C36H34Cl2N6O5. The highest BCUT2D eigenvalue weighted by atomic mass is 35.5. The Morgan fingerprint density at radius 3 is 2.45 bits per heavy atom. The maximum absolute atomic E-state index is 13.1. The van der Waals surface area contributed by atoms with Crippen LogP contribution in [-0.2, 0) is 22.7 Å². The second-order valence-corrected chi connectivity index (χ2v) is 12.7. The van der Waals surface area contributed by atoms with Crippen LogP contribution in [0.3, 0.4) is 0 Å². The van der Waals surface area contributed by atoms with Crippen molar-refractivity contribution in [3.8, 4) is 39.4 Å². The Labute approximate surface area is 292 Å². The van der Waals surface area contributed by atoms with E-state index < -0.39 is 5.97 Å². The first-order valence-corrected chi connectivity index (χ1v) is 16.4. The third-order valence-corrected chi connectivity index (χ3v) is 9.24. The molecule has 4 heterocycles. The van der Waals surface area contributed by atoms with Crippen molar-refractivity contribution >= 4 is 40.7 Å². The summed E-state index contributed by atoms with van der Waals surface area (Å²) in [6.07, 6.45) is 4.50. The average molecular weight is 702 g/mol. The Hall–Kier alpha value is -4.81. The topological polar surface area (TPSA) is 138 Å². The van der Waals surface area contributed by atoms with Crippen LogP contribution in [0.5, 0.6) is 5.88 Å². The van der Waals surface area contributed by atoms with Gasteiger partial charge in [-0.15, -0.1) is 0 Å². The predicted octanol–water partition coefficient (Wildman–Crippen LogP) is 5.29. The number of aromatic nitrogens is 3. The zero-order valence-corrected chi connectivity index (χ0v) is 28.4. The molecule has 49 heavy (non-hydrogen) atoms. The molecule has 2 aromatic carbocycles. The number of ether oxygens (including phenoxy) is 1. The number of carbonyl (C=O) groups is 2. The molecule has 0 saturated carbocycles. The van der Waals surface area contributed by atoms with Crippen LogP contribution in [0.15, 0.2) is 77.9 Å². The van der Waals surface area contributed by atoms with E-state index in [4.69, 9.17) is 38.0 Å². The summed E-state index contributed by atoms with van der Waals surface area (Å²) in [5.41, 5.74) is 5.72. The van der Waals surface area contributed by atoms with Gasteiger partial charge in [-0.3, -0.25) is 23.7 Å².